The number of hydrogen-bond acceptors (Lipinski definition) is 0. The molecule has 0 aromatic rings. The van der Waals surface area contributed by atoms with Crippen molar-refractivity contribution in [1.29, 1.82) is 0 Å². The van der Waals surface area contributed by atoms with Gasteiger partial charge in [-0.15, -0.1) is 0 Å². The molecule has 0 aromatic carbocycles. The van der Waals surface area contributed by atoms with Crippen LogP contribution in [-0.2, 0) is 0 Å². The molecule has 0 saturated heterocycles. The molecule has 1 unspecified atom stereocenters. The van der Waals surface area contributed by atoms with Crippen LogP contribution in [0.4, 0.5) is 0 Å². The van der Waals surface area contributed by atoms with Crippen molar-refractivity contribution in [2.45, 2.75) is 71.6 Å². The molecule has 0 spiro atoms. The largest absolute Gasteiger partial charge is 0.0654 e. The van der Waals surface area contributed by atoms with E-state index in [0.717, 1.165) is 0 Å². The fourth-order valence-electron chi connectivity index (χ4n) is 1.58. The van der Waals surface area contributed by atoms with Gasteiger partial charge in [-0.05, 0) is 5.92 Å². The predicted molar refractivity (Wildman–Crippen MR) is 61.7 cm³/mol. The van der Waals surface area contributed by atoms with E-state index in [9.17, 15) is 0 Å². The van der Waals surface area contributed by atoms with Gasteiger partial charge in [-0.2, -0.15) is 0 Å². The fourth-order valence-corrected chi connectivity index (χ4v) is 1.58. The van der Waals surface area contributed by atoms with Gasteiger partial charge in [0.05, 0.1) is 0 Å². The molecule has 1 atom stereocenters. The van der Waals surface area contributed by atoms with Gasteiger partial charge in [-0.1, -0.05) is 78.6 Å². The van der Waals surface area contributed by atoms with Gasteiger partial charge < -0.3 is 0 Å². The van der Waals surface area contributed by atoms with Crippen LogP contribution >= 0.6 is 0 Å². The van der Waals surface area contributed by atoms with Crippen molar-refractivity contribution in [3.8, 4) is 0 Å². The SMILES string of the molecule is C1CCCC1.[CH2]C(CC)CCCC. The summed E-state index contributed by atoms with van der Waals surface area (Å²) in [6.07, 6.45) is 12.7. The molecule has 79 valence electrons. The monoisotopic (exact) mass is 183 g/mol. The molecule has 0 heteroatoms. The highest BCUT2D eigenvalue weighted by atomic mass is 14.0. The van der Waals surface area contributed by atoms with E-state index in [1.165, 1.54) is 57.8 Å². The van der Waals surface area contributed by atoms with Gasteiger partial charge in [0.25, 0.3) is 0 Å². The highest BCUT2D eigenvalue weighted by molar-refractivity contribution is 4.57. The minimum Gasteiger partial charge on any atom is -0.0654 e. The van der Waals surface area contributed by atoms with Crippen molar-refractivity contribution in [2.75, 3.05) is 0 Å². The number of hydrogen-bond donors (Lipinski definition) is 0. The third-order valence-corrected chi connectivity index (χ3v) is 2.79. The zero-order chi connectivity index (χ0) is 9.94. The van der Waals surface area contributed by atoms with Gasteiger partial charge in [0.2, 0.25) is 0 Å². The molecule has 13 heavy (non-hydrogen) atoms. The Kier molecular flexibility index (Phi) is 10.1. The van der Waals surface area contributed by atoms with E-state index in [2.05, 4.69) is 20.8 Å². The van der Waals surface area contributed by atoms with Crippen LogP contribution in [0.25, 0.3) is 0 Å². The Bertz CT molecular complexity index is 74.4. The normalized spacial score (nSPS) is 17.8. The van der Waals surface area contributed by atoms with Crippen LogP contribution in [0.3, 0.4) is 0 Å². The molecule has 1 aliphatic carbocycles. The van der Waals surface area contributed by atoms with Crippen LogP contribution in [-0.4, -0.2) is 0 Å². The molecule has 0 amide bonds. The Balaban J connectivity index is 0.000000243. The second kappa shape index (κ2) is 10.1. The minimum atomic E-state index is 0.704. The zero-order valence-corrected chi connectivity index (χ0v) is 9.65. The molecule has 1 fully saturated rings. The fraction of sp³-hybridized carbons (Fsp3) is 0.923. The Hall–Kier alpha value is 0. The summed E-state index contributed by atoms with van der Waals surface area (Å²) in [6, 6.07) is 0. The lowest BCUT2D eigenvalue weighted by Crippen LogP contribution is -1.90. The molecule has 0 nitrogen and oxygen atoms in total. The third-order valence-electron chi connectivity index (χ3n) is 2.79. The standard InChI is InChI=1S/C8H17.C5H10/c1-4-6-7-8(3)5-2;1-2-4-5-3-1/h8H,3-7H2,1-2H3;1-5H2. The van der Waals surface area contributed by atoms with Crippen molar-refractivity contribution < 1.29 is 0 Å². The van der Waals surface area contributed by atoms with E-state index in [1.807, 2.05) is 0 Å². The maximum absolute atomic E-state index is 3.99. The molecular formula is C13H27. The second-order valence-electron chi connectivity index (χ2n) is 4.18. The van der Waals surface area contributed by atoms with E-state index in [-0.39, 0.29) is 0 Å². The van der Waals surface area contributed by atoms with Gasteiger partial charge in [-0.25, -0.2) is 0 Å². The molecule has 1 radical (unpaired) electrons. The van der Waals surface area contributed by atoms with Crippen LogP contribution in [0.15, 0.2) is 0 Å². The van der Waals surface area contributed by atoms with E-state index >= 15 is 0 Å². The molecule has 1 saturated carbocycles. The maximum Gasteiger partial charge on any atom is -0.0417 e. The molecular weight excluding hydrogens is 156 g/mol. The summed E-state index contributed by atoms with van der Waals surface area (Å²) in [7, 11) is 0. The quantitative estimate of drug-likeness (QED) is 0.576. The average Bonchev–Trinajstić information content (AvgIpc) is 2.72. The molecule has 1 aliphatic rings. The van der Waals surface area contributed by atoms with Crippen molar-refractivity contribution >= 4 is 0 Å². The average molecular weight is 183 g/mol. The molecule has 0 bridgehead atoms. The van der Waals surface area contributed by atoms with E-state index in [4.69, 9.17) is 0 Å². The molecule has 0 heterocycles. The van der Waals surface area contributed by atoms with E-state index in [1.54, 1.807) is 0 Å². The summed E-state index contributed by atoms with van der Waals surface area (Å²) in [6.45, 7) is 8.42. The number of unbranched alkanes of at least 4 members (excludes halogenated alkanes) is 1. The highest BCUT2D eigenvalue weighted by Gasteiger charge is 1.95. The molecule has 0 N–H and O–H groups in total. The summed E-state index contributed by atoms with van der Waals surface area (Å²) < 4.78 is 0. The third kappa shape index (κ3) is 9.92. The summed E-state index contributed by atoms with van der Waals surface area (Å²) in [5.74, 6) is 0.704. The van der Waals surface area contributed by atoms with Crippen LogP contribution in [0.2, 0.25) is 0 Å². The van der Waals surface area contributed by atoms with Gasteiger partial charge >= 0.3 is 0 Å². The van der Waals surface area contributed by atoms with E-state index in [0.29, 0.717) is 5.92 Å². The Morgan fingerprint density at radius 3 is 1.77 bits per heavy atom. The van der Waals surface area contributed by atoms with Crippen molar-refractivity contribution in [3.05, 3.63) is 6.92 Å². The summed E-state index contributed by atoms with van der Waals surface area (Å²) in [5.41, 5.74) is 0. The lowest BCUT2D eigenvalue weighted by Gasteiger charge is -2.04. The smallest absolute Gasteiger partial charge is 0.0417 e. The van der Waals surface area contributed by atoms with Crippen LogP contribution in [0.5, 0.6) is 0 Å². The first-order chi connectivity index (χ1) is 6.31. The first-order valence-electron chi connectivity index (χ1n) is 6.14. The summed E-state index contributed by atoms with van der Waals surface area (Å²) >= 11 is 0. The first kappa shape index (κ1) is 13.0. The summed E-state index contributed by atoms with van der Waals surface area (Å²) in [5, 5.41) is 0. The lowest BCUT2D eigenvalue weighted by molar-refractivity contribution is 0.537. The van der Waals surface area contributed by atoms with Gasteiger partial charge in [0.1, 0.15) is 0 Å². The van der Waals surface area contributed by atoms with Gasteiger partial charge in [0, 0.05) is 0 Å². The zero-order valence-electron chi connectivity index (χ0n) is 9.65. The Morgan fingerprint density at radius 1 is 1.00 bits per heavy atom. The highest BCUT2D eigenvalue weighted by Crippen LogP contribution is 2.15. The van der Waals surface area contributed by atoms with Crippen LogP contribution in [0, 0.1) is 12.8 Å². The second-order valence-corrected chi connectivity index (χ2v) is 4.18. The summed E-state index contributed by atoms with van der Waals surface area (Å²) in [4.78, 5) is 0. The van der Waals surface area contributed by atoms with Crippen LogP contribution in [0.1, 0.15) is 71.6 Å². The molecule has 0 aromatic heterocycles. The first-order valence-corrected chi connectivity index (χ1v) is 6.14. The van der Waals surface area contributed by atoms with Crippen molar-refractivity contribution in [1.82, 2.24) is 0 Å². The maximum atomic E-state index is 3.99. The molecule has 0 aliphatic heterocycles. The minimum absolute atomic E-state index is 0.704. The Morgan fingerprint density at radius 2 is 1.46 bits per heavy atom. The Labute approximate surface area is 85.1 Å². The predicted octanol–water partition coefficient (Wildman–Crippen LogP) is 4.99. The lowest BCUT2D eigenvalue weighted by atomic mass is 10.0. The number of rotatable bonds is 4. The van der Waals surface area contributed by atoms with Crippen LogP contribution < -0.4 is 0 Å². The van der Waals surface area contributed by atoms with Crippen molar-refractivity contribution in [2.24, 2.45) is 5.92 Å². The van der Waals surface area contributed by atoms with Gasteiger partial charge in [0.15, 0.2) is 0 Å². The molecule has 1 rings (SSSR count). The topological polar surface area (TPSA) is 0 Å². The van der Waals surface area contributed by atoms with Crippen molar-refractivity contribution in [3.63, 3.8) is 0 Å². The van der Waals surface area contributed by atoms with E-state index < -0.39 is 0 Å². The van der Waals surface area contributed by atoms with Gasteiger partial charge in [-0.3, -0.25) is 0 Å².